The van der Waals surface area contributed by atoms with Gasteiger partial charge in [0.25, 0.3) is 5.91 Å². The van der Waals surface area contributed by atoms with Crippen LogP contribution in [0.2, 0.25) is 0 Å². The molecule has 1 aromatic carbocycles. The van der Waals surface area contributed by atoms with Gasteiger partial charge in [-0.3, -0.25) is 14.0 Å². The molecular weight excluding hydrogens is 284 g/mol. The van der Waals surface area contributed by atoms with Crippen molar-refractivity contribution in [3.05, 3.63) is 70.8 Å². The zero-order valence-electron chi connectivity index (χ0n) is 11.7. The van der Waals surface area contributed by atoms with Gasteiger partial charge in [-0.15, -0.1) is 5.10 Å². The minimum atomic E-state index is -0.443. The number of rotatable bonds is 5. The van der Waals surface area contributed by atoms with Crippen LogP contribution in [0.5, 0.6) is 0 Å². The molecule has 3 aromatic rings. The first kappa shape index (κ1) is 14.0. The molecule has 0 atom stereocenters. The Balaban J connectivity index is 1.59. The van der Waals surface area contributed by atoms with Gasteiger partial charge in [0.2, 0.25) is 0 Å². The summed E-state index contributed by atoms with van der Waals surface area (Å²) in [5.74, 6) is -0.443. The van der Waals surface area contributed by atoms with Crippen LogP contribution in [0.25, 0.3) is 5.65 Å². The second-order valence-corrected chi connectivity index (χ2v) is 4.67. The van der Waals surface area contributed by atoms with Crippen molar-refractivity contribution in [2.45, 2.75) is 13.2 Å². The summed E-state index contributed by atoms with van der Waals surface area (Å²) in [6.45, 7) is 0.0575. The van der Waals surface area contributed by atoms with Crippen LogP contribution in [0.15, 0.2) is 59.5 Å². The van der Waals surface area contributed by atoms with Crippen LogP contribution in [-0.2, 0) is 22.8 Å². The summed E-state index contributed by atoms with van der Waals surface area (Å²) < 4.78 is 2.47. The fraction of sp³-hybridized carbons (Fsp3) is 0.133. The monoisotopic (exact) mass is 298 g/mol. The second-order valence-electron chi connectivity index (χ2n) is 4.67. The predicted octanol–water partition coefficient (Wildman–Crippen LogP) is 0.744. The van der Waals surface area contributed by atoms with Crippen molar-refractivity contribution < 1.29 is 9.63 Å². The molecule has 22 heavy (non-hydrogen) atoms. The molecule has 0 spiro atoms. The van der Waals surface area contributed by atoms with Gasteiger partial charge in [-0.1, -0.05) is 36.4 Å². The van der Waals surface area contributed by atoms with E-state index in [1.165, 1.54) is 4.40 Å². The zero-order chi connectivity index (χ0) is 15.4. The lowest BCUT2D eigenvalue weighted by molar-refractivity contribution is -0.135. The highest BCUT2D eigenvalue weighted by atomic mass is 16.6. The predicted molar refractivity (Wildman–Crippen MR) is 78.8 cm³/mol. The number of amides is 1. The number of fused-ring (bicyclic) bond motifs is 1. The molecule has 1 N–H and O–H groups in total. The summed E-state index contributed by atoms with van der Waals surface area (Å²) in [6.07, 6.45) is 1.60. The van der Waals surface area contributed by atoms with E-state index in [4.69, 9.17) is 4.84 Å². The molecule has 2 aromatic heterocycles. The number of nitrogens with zero attached hydrogens (tertiary/aromatic N) is 3. The highest BCUT2D eigenvalue weighted by Gasteiger charge is 2.10. The number of hydrogen-bond donors (Lipinski definition) is 1. The average molecular weight is 298 g/mol. The molecule has 0 saturated heterocycles. The first-order valence-corrected chi connectivity index (χ1v) is 6.73. The van der Waals surface area contributed by atoms with Crippen LogP contribution in [-0.4, -0.2) is 20.1 Å². The molecule has 3 rings (SSSR count). The topological polar surface area (TPSA) is 77.6 Å². The van der Waals surface area contributed by atoms with E-state index in [0.29, 0.717) is 5.65 Å². The molecule has 0 unspecified atom stereocenters. The highest BCUT2D eigenvalue weighted by molar-refractivity contribution is 5.74. The van der Waals surface area contributed by atoms with Crippen molar-refractivity contribution in [3.8, 4) is 0 Å². The third-order valence-corrected chi connectivity index (χ3v) is 3.05. The van der Waals surface area contributed by atoms with E-state index in [1.54, 1.807) is 24.4 Å². The molecule has 0 aliphatic carbocycles. The van der Waals surface area contributed by atoms with Gasteiger partial charge in [0.15, 0.2) is 5.65 Å². The van der Waals surface area contributed by atoms with Crippen molar-refractivity contribution in [1.29, 1.82) is 0 Å². The maximum atomic E-state index is 12.0. The van der Waals surface area contributed by atoms with E-state index in [1.807, 2.05) is 30.3 Å². The van der Waals surface area contributed by atoms with Crippen molar-refractivity contribution >= 4 is 11.6 Å². The van der Waals surface area contributed by atoms with Gasteiger partial charge in [0.05, 0.1) is 6.61 Å². The SMILES string of the molecule is O=C(Cn1nc2ccccn2c1=O)NOCc1ccccc1. The van der Waals surface area contributed by atoms with Crippen LogP contribution in [0, 0.1) is 0 Å². The van der Waals surface area contributed by atoms with Crippen LogP contribution in [0.3, 0.4) is 0 Å². The number of aromatic nitrogens is 3. The summed E-state index contributed by atoms with van der Waals surface area (Å²) in [6, 6.07) is 14.6. The third kappa shape index (κ3) is 3.04. The number of carbonyl (C=O) groups excluding carboxylic acids is 1. The van der Waals surface area contributed by atoms with Gasteiger partial charge < -0.3 is 0 Å². The standard InChI is InChI=1S/C15H14N4O3/c20-14(17-22-11-12-6-2-1-3-7-12)10-19-15(21)18-9-5-4-8-13(18)16-19/h1-9H,10-11H2,(H,17,20). The molecule has 7 heteroatoms. The summed E-state index contributed by atoms with van der Waals surface area (Å²) in [4.78, 5) is 28.9. The van der Waals surface area contributed by atoms with Gasteiger partial charge in [0, 0.05) is 6.20 Å². The summed E-state index contributed by atoms with van der Waals surface area (Å²) in [5.41, 5.74) is 3.37. The van der Waals surface area contributed by atoms with Crippen molar-refractivity contribution in [1.82, 2.24) is 19.7 Å². The molecule has 0 saturated carbocycles. The Morgan fingerprint density at radius 3 is 2.68 bits per heavy atom. The molecule has 0 aliphatic rings. The summed E-state index contributed by atoms with van der Waals surface area (Å²) in [5, 5.41) is 4.07. The number of carbonyl (C=O) groups is 1. The fourth-order valence-corrected chi connectivity index (χ4v) is 2.01. The highest BCUT2D eigenvalue weighted by Crippen LogP contribution is 1.99. The largest absolute Gasteiger partial charge is 0.350 e. The minimum Gasteiger partial charge on any atom is -0.271 e. The Hall–Kier alpha value is -2.93. The summed E-state index contributed by atoms with van der Waals surface area (Å²) in [7, 11) is 0. The Kier molecular flexibility index (Phi) is 3.97. The maximum Gasteiger partial charge on any atom is 0.350 e. The quantitative estimate of drug-likeness (QED) is 0.705. The Morgan fingerprint density at radius 1 is 1.14 bits per heavy atom. The Bertz CT molecular complexity index is 839. The third-order valence-electron chi connectivity index (χ3n) is 3.05. The fourth-order valence-electron chi connectivity index (χ4n) is 2.01. The van der Waals surface area contributed by atoms with E-state index >= 15 is 0 Å². The van der Waals surface area contributed by atoms with E-state index in [9.17, 15) is 9.59 Å². The van der Waals surface area contributed by atoms with E-state index in [2.05, 4.69) is 10.6 Å². The van der Waals surface area contributed by atoms with Gasteiger partial charge in [0.1, 0.15) is 6.54 Å². The van der Waals surface area contributed by atoms with E-state index in [0.717, 1.165) is 10.2 Å². The number of pyridine rings is 1. The van der Waals surface area contributed by atoms with Crippen LogP contribution in [0.4, 0.5) is 0 Å². The van der Waals surface area contributed by atoms with Crippen LogP contribution in [0.1, 0.15) is 5.56 Å². The van der Waals surface area contributed by atoms with Gasteiger partial charge in [-0.25, -0.2) is 15.0 Å². The normalized spacial score (nSPS) is 10.7. The van der Waals surface area contributed by atoms with Gasteiger partial charge >= 0.3 is 5.69 Å². The lowest BCUT2D eigenvalue weighted by atomic mass is 10.2. The molecule has 0 aliphatic heterocycles. The molecule has 0 bridgehead atoms. The van der Waals surface area contributed by atoms with Gasteiger partial charge in [-0.2, -0.15) is 0 Å². The lowest BCUT2D eigenvalue weighted by Gasteiger charge is -2.05. The number of benzene rings is 1. The van der Waals surface area contributed by atoms with E-state index < -0.39 is 5.91 Å². The van der Waals surface area contributed by atoms with Crippen molar-refractivity contribution in [2.75, 3.05) is 0 Å². The number of hydroxylamine groups is 1. The first-order chi connectivity index (χ1) is 10.7. The molecule has 1 amide bonds. The molecule has 0 fully saturated rings. The lowest BCUT2D eigenvalue weighted by Crippen LogP contribution is -2.32. The van der Waals surface area contributed by atoms with Crippen molar-refractivity contribution in [2.24, 2.45) is 0 Å². The van der Waals surface area contributed by atoms with E-state index in [-0.39, 0.29) is 18.8 Å². The van der Waals surface area contributed by atoms with Gasteiger partial charge in [-0.05, 0) is 17.7 Å². The second kappa shape index (κ2) is 6.23. The molecule has 0 radical (unpaired) electrons. The Labute approximate surface area is 125 Å². The number of hydrogen-bond acceptors (Lipinski definition) is 4. The summed E-state index contributed by atoms with van der Waals surface area (Å²) >= 11 is 0. The van der Waals surface area contributed by atoms with Crippen molar-refractivity contribution in [3.63, 3.8) is 0 Å². The molecule has 112 valence electrons. The number of nitrogens with one attached hydrogen (secondary N) is 1. The minimum absolute atomic E-state index is 0.199. The molecular formula is C15H14N4O3. The van der Waals surface area contributed by atoms with Crippen LogP contribution < -0.4 is 11.2 Å². The average Bonchev–Trinajstić information content (AvgIpc) is 2.85. The smallest absolute Gasteiger partial charge is 0.271 e. The maximum absolute atomic E-state index is 12.0. The molecule has 2 heterocycles. The van der Waals surface area contributed by atoms with Crippen LogP contribution >= 0.6 is 0 Å². The zero-order valence-corrected chi connectivity index (χ0v) is 11.7. The molecule has 7 nitrogen and oxygen atoms in total. The Morgan fingerprint density at radius 2 is 1.91 bits per heavy atom. The first-order valence-electron chi connectivity index (χ1n) is 6.73.